The van der Waals surface area contributed by atoms with E-state index < -0.39 is 0 Å². The van der Waals surface area contributed by atoms with E-state index in [4.69, 9.17) is 9.47 Å². The molecule has 0 spiro atoms. The lowest BCUT2D eigenvalue weighted by molar-refractivity contribution is -0.120. The average molecular weight is 334 g/mol. The van der Waals surface area contributed by atoms with Crippen LogP contribution in [-0.2, 0) is 11.3 Å². The number of benzene rings is 1. The first-order chi connectivity index (χ1) is 11.2. The van der Waals surface area contributed by atoms with E-state index in [1.54, 1.807) is 32.4 Å². The summed E-state index contributed by atoms with van der Waals surface area (Å²) in [5.74, 6) is 0.650. The standard InChI is InChI=1S/C16H18N2O4S/c1-21-12-6-3-5-11(15(12)22-2)9-17-14(19)10-18-16(20)13-7-4-8-23-13/h3-8H,9-10H2,1-2H3,(H,17,19)(H,18,20). The van der Waals surface area contributed by atoms with E-state index in [0.717, 1.165) is 5.56 Å². The van der Waals surface area contributed by atoms with E-state index in [2.05, 4.69) is 10.6 Å². The van der Waals surface area contributed by atoms with Crippen molar-refractivity contribution in [3.8, 4) is 11.5 Å². The first kappa shape index (κ1) is 16.8. The Hall–Kier alpha value is -2.54. The number of carbonyl (C=O) groups is 2. The molecule has 1 heterocycles. The largest absolute Gasteiger partial charge is 0.493 e. The van der Waals surface area contributed by atoms with Gasteiger partial charge in [0, 0.05) is 12.1 Å². The van der Waals surface area contributed by atoms with E-state index in [9.17, 15) is 9.59 Å². The molecule has 6 nitrogen and oxygen atoms in total. The van der Waals surface area contributed by atoms with Crippen LogP contribution in [0.1, 0.15) is 15.2 Å². The van der Waals surface area contributed by atoms with E-state index >= 15 is 0 Å². The number of hydrogen-bond donors (Lipinski definition) is 2. The van der Waals surface area contributed by atoms with E-state index in [0.29, 0.717) is 16.4 Å². The molecule has 23 heavy (non-hydrogen) atoms. The third-order valence-electron chi connectivity index (χ3n) is 3.11. The van der Waals surface area contributed by atoms with E-state index in [1.165, 1.54) is 11.3 Å². The Morgan fingerprint density at radius 2 is 1.91 bits per heavy atom. The van der Waals surface area contributed by atoms with Crippen molar-refractivity contribution in [2.24, 2.45) is 0 Å². The van der Waals surface area contributed by atoms with Gasteiger partial charge in [0.25, 0.3) is 5.91 Å². The Balaban J connectivity index is 1.86. The van der Waals surface area contributed by atoms with Crippen LogP contribution in [0.2, 0.25) is 0 Å². The molecular formula is C16H18N2O4S. The van der Waals surface area contributed by atoms with Crippen LogP contribution in [0.5, 0.6) is 11.5 Å². The number of ether oxygens (including phenoxy) is 2. The van der Waals surface area contributed by atoms with Crippen LogP contribution < -0.4 is 20.1 Å². The molecule has 2 aromatic rings. The van der Waals surface area contributed by atoms with Crippen LogP contribution >= 0.6 is 11.3 Å². The van der Waals surface area contributed by atoms with Crippen molar-refractivity contribution in [2.45, 2.75) is 6.54 Å². The number of hydrogen-bond acceptors (Lipinski definition) is 5. The smallest absolute Gasteiger partial charge is 0.261 e. The molecule has 0 bridgehead atoms. The van der Waals surface area contributed by atoms with Crippen LogP contribution in [0.4, 0.5) is 0 Å². The van der Waals surface area contributed by atoms with Crippen molar-refractivity contribution in [2.75, 3.05) is 20.8 Å². The number of thiophene rings is 1. The molecule has 0 aliphatic rings. The Bertz CT molecular complexity index is 671. The molecule has 1 aromatic heterocycles. The number of carbonyl (C=O) groups excluding carboxylic acids is 2. The van der Waals surface area contributed by atoms with Gasteiger partial charge in [-0.05, 0) is 17.5 Å². The Morgan fingerprint density at radius 3 is 2.57 bits per heavy atom. The minimum atomic E-state index is -0.278. The van der Waals surface area contributed by atoms with Gasteiger partial charge in [-0.3, -0.25) is 9.59 Å². The fourth-order valence-electron chi connectivity index (χ4n) is 2.00. The lowest BCUT2D eigenvalue weighted by atomic mass is 10.2. The summed E-state index contributed by atoms with van der Waals surface area (Å²) >= 11 is 1.33. The van der Waals surface area contributed by atoms with Crippen LogP contribution in [0.15, 0.2) is 35.7 Å². The second kappa shape index (κ2) is 8.19. The Kier molecular flexibility index (Phi) is 5.99. The normalized spacial score (nSPS) is 10.0. The van der Waals surface area contributed by atoms with Gasteiger partial charge in [0.15, 0.2) is 11.5 Å². The third-order valence-corrected chi connectivity index (χ3v) is 3.98. The molecular weight excluding hydrogens is 316 g/mol. The summed E-state index contributed by atoms with van der Waals surface area (Å²) in [7, 11) is 3.10. The van der Waals surface area contributed by atoms with Crippen molar-refractivity contribution >= 4 is 23.2 Å². The van der Waals surface area contributed by atoms with Crippen molar-refractivity contribution in [3.05, 3.63) is 46.2 Å². The zero-order chi connectivity index (χ0) is 16.7. The molecule has 0 unspecified atom stereocenters. The van der Waals surface area contributed by atoms with Gasteiger partial charge in [0.1, 0.15) is 0 Å². The molecule has 0 aliphatic carbocycles. The van der Waals surface area contributed by atoms with E-state index in [1.807, 2.05) is 17.5 Å². The monoisotopic (exact) mass is 334 g/mol. The van der Waals surface area contributed by atoms with Gasteiger partial charge in [-0.15, -0.1) is 11.3 Å². The molecule has 0 fully saturated rings. The predicted molar refractivity (Wildman–Crippen MR) is 88.0 cm³/mol. The average Bonchev–Trinajstić information content (AvgIpc) is 3.11. The lowest BCUT2D eigenvalue weighted by Crippen LogP contribution is -2.36. The number of rotatable bonds is 7. The molecule has 0 saturated carbocycles. The number of amides is 2. The predicted octanol–water partition coefficient (Wildman–Crippen LogP) is 1.81. The maximum atomic E-state index is 11.9. The summed E-state index contributed by atoms with van der Waals surface area (Å²) in [4.78, 5) is 24.2. The summed E-state index contributed by atoms with van der Waals surface area (Å²) < 4.78 is 10.5. The molecule has 0 aliphatic heterocycles. The number of methoxy groups -OCH3 is 2. The Labute approximate surface area is 138 Å². The minimum Gasteiger partial charge on any atom is -0.493 e. The summed E-state index contributed by atoms with van der Waals surface area (Å²) in [6, 6.07) is 8.94. The van der Waals surface area contributed by atoms with Crippen molar-refractivity contribution in [3.63, 3.8) is 0 Å². The van der Waals surface area contributed by atoms with Crippen LogP contribution in [0.25, 0.3) is 0 Å². The first-order valence-electron chi connectivity index (χ1n) is 6.94. The molecule has 1 aromatic carbocycles. The summed E-state index contributed by atoms with van der Waals surface area (Å²) in [6.45, 7) is 0.205. The molecule has 2 N–H and O–H groups in total. The van der Waals surface area contributed by atoms with Crippen molar-refractivity contribution < 1.29 is 19.1 Å². The van der Waals surface area contributed by atoms with Crippen molar-refractivity contribution in [1.29, 1.82) is 0 Å². The molecule has 7 heteroatoms. The molecule has 0 atom stereocenters. The summed E-state index contributed by atoms with van der Waals surface area (Å²) in [6.07, 6.45) is 0. The van der Waals surface area contributed by atoms with Gasteiger partial charge in [-0.25, -0.2) is 0 Å². The highest BCUT2D eigenvalue weighted by Gasteiger charge is 2.12. The fourth-order valence-corrected chi connectivity index (χ4v) is 2.64. The number of nitrogens with one attached hydrogen (secondary N) is 2. The van der Waals surface area contributed by atoms with Gasteiger partial charge in [-0.2, -0.15) is 0 Å². The van der Waals surface area contributed by atoms with E-state index in [-0.39, 0.29) is 24.9 Å². The third kappa shape index (κ3) is 4.46. The summed E-state index contributed by atoms with van der Waals surface area (Å²) in [5, 5.41) is 7.13. The molecule has 0 saturated heterocycles. The van der Waals surface area contributed by atoms with Crippen LogP contribution in [0, 0.1) is 0 Å². The summed E-state index contributed by atoms with van der Waals surface area (Å²) in [5.41, 5.74) is 0.796. The molecule has 0 radical (unpaired) electrons. The lowest BCUT2D eigenvalue weighted by Gasteiger charge is -2.13. The van der Waals surface area contributed by atoms with Gasteiger partial charge >= 0.3 is 0 Å². The van der Waals surface area contributed by atoms with Gasteiger partial charge < -0.3 is 20.1 Å². The number of para-hydroxylation sites is 1. The van der Waals surface area contributed by atoms with Crippen LogP contribution in [0.3, 0.4) is 0 Å². The second-order valence-corrected chi connectivity index (χ2v) is 5.54. The van der Waals surface area contributed by atoms with Gasteiger partial charge in [0.2, 0.25) is 5.91 Å². The zero-order valence-electron chi connectivity index (χ0n) is 12.9. The molecule has 2 amide bonds. The SMILES string of the molecule is COc1cccc(CNC(=O)CNC(=O)c2cccs2)c1OC. The minimum absolute atomic E-state index is 0.0803. The van der Waals surface area contributed by atoms with Crippen molar-refractivity contribution in [1.82, 2.24) is 10.6 Å². The quantitative estimate of drug-likeness (QED) is 0.810. The Morgan fingerprint density at radius 1 is 1.09 bits per heavy atom. The fraction of sp³-hybridized carbons (Fsp3) is 0.250. The van der Waals surface area contributed by atoms with Gasteiger partial charge in [-0.1, -0.05) is 18.2 Å². The van der Waals surface area contributed by atoms with Crippen LogP contribution in [-0.4, -0.2) is 32.6 Å². The highest BCUT2D eigenvalue weighted by molar-refractivity contribution is 7.12. The highest BCUT2D eigenvalue weighted by Crippen LogP contribution is 2.30. The molecule has 122 valence electrons. The maximum absolute atomic E-state index is 11.9. The van der Waals surface area contributed by atoms with Gasteiger partial charge in [0.05, 0.1) is 25.6 Å². The molecule has 2 rings (SSSR count). The maximum Gasteiger partial charge on any atom is 0.261 e. The highest BCUT2D eigenvalue weighted by atomic mass is 32.1. The second-order valence-electron chi connectivity index (χ2n) is 4.59. The first-order valence-corrected chi connectivity index (χ1v) is 7.82. The topological polar surface area (TPSA) is 76.7 Å². The zero-order valence-corrected chi connectivity index (χ0v) is 13.7.